The van der Waals surface area contributed by atoms with E-state index in [0.29, 0.717) is 11.5 Å². The van der Waals surface area contributed by atoms with Crippen molar-refractivity contribution in [2.75, 3.05) is 26.5 Å². The van der Waals surface area contributed by atoms with Crippen LogP contribution in [0.2, 0.25) is 0 Å². The molecule has 1 atom stereocenters. The fraction of sp³-hybridized carbons (Fsp3) is 0.333. The van der Waals surface area contributed by atoms with Gasteiger partial charge >= 0.3 is 0 Å². The van der Waals surface area contributed by atoms with Crippen molar-refractivity contribution in [1.82, 2.24) is 4.90 Å². The van der Waals surface area contributed by atoms with Gasteiger partial charge in [0.25, 0.3) is 0 Å². The van der Waals surface area contributed by atoms with Crippen LogP contribution in [0.15, 0.2) is 59.5 Å². The quantitative estimate of drug-likeness (QED) is 0.781. The van der Waals surface area contributed by atoms with E-state index >= 15 is 0 Å². The number of hydrogen-bond donors (Lipinski definition) is 0. The summed E-state index contributed by atoms with van der Waals surface area (Å²) in [5, 5.41) is 0. The summed E-state index contributed by atoms with van der Waals surface area (Å²) in [6.45, 7) is 3.48. The lowest BCUT2D eigenvalue weighted by molar-refractivity contribution is 0.201. The predicted molar refractivity (Wildman–Crippen MR) is 92.5 cm³/mol. The number of benzene rings is 2. The second-order valence-electron chi connectivity index (χ2n) is 5.66. The molecule has 23 heavy (non-hydrogen) atoms. The summed E-state index contributed by atoms with van der Waals surface area (Å²) in [5.74, 6) is 0.867. The Morgan fingerprint density at radius 1 is 1.04 bits per heavy atom. The third kappa shape index (κ3) is 5.08. The molecule has 0 saturated carbocycles. The maximum Gasteiger partial charge on any atom is 0.175 e. The number of ether oxygens (including phenoxy) is 1. The van der Waals surface area contributed by atoms with Gasteiger partial charge in [0.1, 0.15) is 12.4 Å². The number of rotatable bonds is 7. The fourth-order valence-corrected chi connectivity index (χ4v) is 2.90. The summed E-state index contributed by atoms with van der Waals surface area (Å²) in [4.78, 5) is 2.53. The molecule has 0 unspecified atom stereocenters. The van der Waals surface area contributed by atoms with Crippen LogP contribution in [0.1, 0.15) is 18.5 Å². The molecule has 0 heterocycles. The van der Waals surface area contributed by atoms with Gasteiger partial charge in [0.05, 0.1) is 4.90 Å². The zero-order valence-electron chi connectivity index (χ0n) is 13.8. The molecule has 124 valence electrons. The molecule has 0 saturated heterocycles. The lowest BCUT2D eigenvalue weighted by atomic mass is 10.1. The first-order chi connectivity index (χ1) is 10.9. The van der Waals surface area contributed by atoms with Crippen molar-refractivity contribution in [3.8, 4) is 5.75 Å². The Morgan fingerprint density at radius 2 is 1.65 bits per heavy atom. The van der Waals surface area contributed by atoms with Gasteiger partial charge in [0, 0.05) is 18.8 Å². The first-order valence-electron chi connectivity index (χ1n) is 7.56. The van der Waals surface area contributed by atoms with Crippen LogP contribution in [-0.4, -0.2) is 39.8 Å². The lowest BCUT2D eigenvalue weighted by Crippen LogP contribution is -2.27. The number of para-hydroxylation sites is 1. The molecule has 0 bridgehead atoms. The topological polar surface area (TPSA) is 46.6 Å². The summed E-state index contributed by atoms with van der Waals surface area (Å²) >= 11 is 0. The molecule has 2 aromatic carbocycles. The maximum absolute atomic E-state index is 11.5. The van der Waals surface area contributed by atoms with Gasteiger partial charge in [-0.25, -0.2) is 8.42 Å². The van der Waals surface area contributed by atoms with Crippen molar-refractivity contribution in [1.29, 1.82) is 0 Å². The van der Waals surface area contributed by atoms with E-state index in [1.165, 1.54) is 6.26 Å². The molecule has 0 amide bonds. The molecular formula is C18H23NO3S. The van der Waals surface area contributed by atoms with Crippen molar-refractivity contribution in [2.24, 2.45) is 0 Å². The second-order valence-corrected chi connectivity index (χ2v) is 7.68. The molecule has 2 rings (SSSR count). The standard InChI is InChI=1S/C18H23NO3S/c1-15(16-9-11-18(12-10-16)23(3,20)21)19(2)13-14-22-17-7-5-4-6-8-17/h4-12,15H,13-14H2,1-3H3/t15-/m1/s1. The van der Waals surface area contributed by atoms with Crippen LogP contribution < -0.4 is 4.74 Å². The van der Waals surface area contributed by atoms with Gasteiger partial charge in [0.15, 0.2) is 9.84 Å². The van der Waals surface area contributed by atoms with Gasteiger partial charge in [-0.05, 0) is 43.8 Å². The lowest BCUT2D eigenvalue weighted by Gasteiger charge is -2.25. The minimum atomic E-state index is -3.14. The van der Waals surface area contributed by atoms with Crippen molar-refractivity contribution in [3.63, 3.8) is 0 Å². The van der Waals surface area contributed by atoms with Crippen molar-refractivity contribution < 1.29 is 13.2 Å². The highest BCUT2D eigenvalue weighted by Crippen LogP contribution is 2.20. The molecule has 0 aliphatic rings. The SMILES string of the molecule is C[C@H](c1ccc(S(C)(=O)=O)cc1)N(C)CCOc1ccccc1. The number of hydrogen-bond acceptors (Lipinski definition) is 4. The molecule has 0 aliphatic carbocycles. The summed E-state index contributed by atoms with van der Waals surface area (Å²) in [7, 11) is -1.11. The third-order valence-electron chi connectivity index (χ3n) is 3.91. The van der Waals surface area contributed by atoms with Crippen molar-refractivity contribution in [2.45, 2.75) is 17.9 Å². The fourth-order valence-electron chi connectivity index (χ4n) is 2.27. The van der Waals surface area contributed by atoms with Crippen LogP contribution in [0.3, 0.4) is 0 Å². The van der Waals surface area contributed by atoms with Gasteiger partial charge in [-0.15, -0.1) is 0 Å². The molecule has 0 spiro atoms. The second kappa shape index (κ2) is 7.62. The van der Waals surface area contributed by atoms with Crippen LogP contribution in [0.5, 0.6) is 5.75 Å². The van der Waals surface area contributed by atoms with Crippen molar-refractivity contribution >= 4 is 9.84 Å². The van der Waals surface area contributed by atoms with Crippen LogP contribution in [0.4, 0.5) is 0 Å². The van der Waals surface area contributed by atoms with Crippen LogP contribution in [0, 0.1) is 0 Å². The first kappa shape index (κ1) is 17.5. The van der Waals surface area contributed by atoms with Gasteiger partial charge in [-0.2, -0.15) is 0 Å². The summed E-state index contributed by atoms with van der Waals surface area (Å²) in [6, 6.07) is 17.0. The summed E-state index contributed by atoms with van der Waals surface area (Å²) in [5.41, 5.74) is 1.08. The summed E-state index contributed by atoms with van der Waals surface area (Å²) in [6.07, 6.45) is 1.22. The zero-order valence-corrected chi connectivity index (χ0v) is 14.6. The van der Waals surface area contributed by atoms with Crippen molar-refractivity contribution in [3.05, 3.63) is 60.2 Å². The predicted octanol–water partition coefficient (Wildman–Crippen LogP) is 3.16. The average molecular weight is 333 g/mol. The van der Waals surface area contributed by atoms with E-state index in [2.05, 4.69) is 11.8 Å². The Morgan fingerprint density at radius 3 is 2.22 bits per heavy atom. The molecule has 0 N–H and O–H groups in total. The number of likely N-dealkylation sites (N-methyl/N-ethyl adjacent to an activating group) is 1. The van der Waals surface area contributed by atoms with E-state index in [4.69, 9.17) is 4.74 Å². The van der Waals surface area contributed by atoms with Gasteiger partial charge in [-0.1, -0.05) is 30.3 Å². The Labute approximate surface area is 138 Å². The normalized spacial score (nSPS) is 13.0. The van der Waals surface area contributed by atoms with E-state index in [1.807, 2.05) is 49.5 Å². The van der Waals surface area contributed by atoms with Crippen LogP contribution in [-0.2, 0) is 9.84 Å². The number of nitrogens with zero attached hydrogens (tertiary/aromatic N) is 1. The largest absolute Gasteiger partial charge is 0.492 e. The molecule has 4 nitrogen and oxygen atoms in total. The maximum atomic E-state index is 11.5. The zero-order chi connectivity index (χ0) is 16.9. The molecule has 0 radical (unpaired) electrons. The number of sulfone groups is 1. The monoisotopic (exact) mass is 333 g/mol. The highest BCUT2D eigenvalue weighted by molar-refractivity contribution is 7.90. The minimum Gasteiger partial charge on any atom is -0.492 e. The molecule has 2 aromatic rings. The van der Waals surface area contributed by atoms with E-state index in [1.54, 1.807) is 12.1 Å². The van der Waals surface area contributed by atoms with Gasteiger partial charge in [-0.3, -0.25) is 4.90 Å². The average Bonchev–Trinajstić information content (AvgIpc) is 2.54. The Balaban J connectivity index is 1.90. The van der Waals surface area contributed by atoms with Crippen LogP contribution >= 0.6 is 0 Å². The Hall–Kier alpha value is -1.85. The van der Waals surface area contributed by atoms with E-state index in [9.17, 15) is 8.42 Å². The van der Waals surface area contributed by atoms with E-state index in [-0.39, 0.29) is 6.04 Å². The Kier molecular flexibility index (Phi) is 5.80. The van der Waals surface area contributed by atoms with Gasteiger partial charge < -0.3 is 4.74 Å². The highest BCUT2D eigenvalue weighted by Gasteiger charge is 2.13. The molecule has 0 aromatic heterocycles. The molecule has 5 heteroatoms. The molecule has 0 aliphatic heterocycles. The van der Waals surface area contributed by atoms with E-state index < -0.39 is 9.84 Å². The van der Waals surface area contributed by atoms with Crippen LogP contribution in [0.25, 0.3) is 0 Å². The molecular weight excluding hydrogens is 310 g/mol. The first-order valence-corrected chi connectivity index (χ1v) is 9.45. The smallest absolute Gasteiger partial charge is 0.175 e. The van der Waals surface area contributed by atoms with E-state index in [0.717, 1.165) is 17.9 Å². The highest BCUT2D eigenvalue weighted by atomic mass is 32.2. The Bertz CT molecular complexity index is 712. The third-order valence-corrected chi connectivity index (χ3v) is 5.04. The minimum absolute atomic E-state index is 0.183. The molecule has 0 fully saturated rings. The van der Waals surface area contributed by atoms with Gasteiger partial charge in [0.2, 0.25) is 0 Å². The summed E-state index contributed by atoms with van der Waals surface area (Å²) < 4.78 is 28.7.